The van der Waals surface area contributed by atoms with Crippen molar-refractivity contribution >= 4 is 94.4 Å². The summed E-state index contributed by atoms with van der Waals surface area (Å²) in [7, 11) is -5.26. The van der Waals surface area contributed by atoms with Gasteiger partial charge in [-0.3, -0.25) is 0 Å². The quantitative estimate of drug-likeness (QED) is 0.116. The van der Waals surface area contributed by atoms with Gasteiger partial charge in [0.15, 0.2) is 13.7 Å². The molecule has 0 saturated heterocycles. The summed E-state index contributed by atoms with van der Waals surface area (Å²) < 4.78 is 290. The molecule has 0 atom stereocenters. The minimum absolute atomic E-state index is 0.0842. The average molecular weight is 863 g/mol. The van der Waals surface area contributed by atoms with Crippen LogP contribution in [0.15, 0.2) is 246 Å². The van der Waals surface area contributed by atoms with Crippen LogP contribution in [0.25, 0.3) is 88.1 Å². The second-order valence-corrected chi connectivity index (χ2v) is 18.2. The van der Waals surface area contributed by atoms with Gasteiger partial charge in [0.1, 0.15) is 5.58 Å². The van der Waals surface area contributed by atoms with Gasteiger partial charge in [-0.05, 0) is 74.2 Å². The van der Waals surface area contributed by atoms with Crippen molar-refractivity contribution in [1.82, 2.24) is 9.13 Å². The Morgan fingerprint density at radius 1 is 0.391 bits per heavy atom. The van der Waals surface area contributed by atoms with Crippen LogP contribution < -0.4 is 20.7 Å². The molecule has 13 rings (SSSR count). The Hall–Kier alpha value is -8.18. The molecule has 0 aliphatic carbocycles. The SMILES string of the molecule is [2H]c1c([2H])c([2H])c(-c2c([2H])c([2H])c([2H])c([Si](c3ccccc3)(c3ccccc3)c3c([2H])c([2H])c([2H])c(-n4c5c([2H])c([2H])c([2H])c([2H])c5c5c([2H])c(-n6c7c([2H])c([2H])c([2H])c([2H])c7c7c([2H])c([2H])c([2H])c([2H])c76)c6oc7c([2H])c([2H])c([2H])c([2H])c7c6c54)c3[2H])c2[2H])c([2H])c1[2H]. The molecule has 4 heteroatoms. The first-order valence-electron chi connectivity index (χ1n) is 34.6. The maximum atomic E-state index is 10.9. The number of rotatable bonds is 7. The summed E-state index contributed by atoms with van der Waals surface area (Å²) in [6.07, 6.45) is 0. The van der Waals surface area contributed by atoms with Gasteiger partial charge in [0.2, 0.25) is 0 Å². The molecule has 3 heterocycles. The van der Waals surface area contributed by atoms with Crippen molar-refractivity contribution in [2.45, 2.75) is 0 Å². The van der Waals surface area contributed by atoms with Crippen LogP contribution in [0.4, 0.5) is 0 Å². The van der Waals surface area contributed by atoms with Crippen molar-refractivity contribution in [3.05, 3.63) is 242 Å². The summed E-state index contributed by atoms with van der Waals surface area (Å²) in [6, 6.07) is -12.1. The Morgan fingerprint density at radius 2 is 0.906 bits per heavy atom. The molecule has 0 unspecified atom stereocenters. The van der Waals surface area contributed by atoms with Crippen LogP contribution in [0.3, 0.4) is 0 Å². The Morgan fingerprint density at radius 3 is 1.56 bits per heavy atom. The normalized spacial score (nSPS) is 18.6. The van der Waals surface area contributed by atoms with Gasteiger partial charge in [0, 0.05) is 32.6 Å². The van der Waals surface area contributed by atoms with E-state index in [9.17, 15) is 24.7 Å². The zero-order valence-corrected chi connectivity index (χ0v) is 33.6. The van der Waals surface area contributed by atoms with Gasteiger partial charge >= 0.3 is 0 Å². The van der Waals surface area contributed by atoms with Crippen LogP contribution in [0.1, 0.15) is 41.1 Å². The molecule has 300 valence electrons. The molecule has 0 spiro atoms. The molecule has 13 aromatic rings. The highest BCUT2D eigenvalue weighted by Crippen LogP contribution is 2.45. The van der Waals surface area contributed by atoms with Gasteiger partial charge in [0.25, 0.3) is 0 Å². The predicted molar refractivity (Wildman–Crippen MR) is 271 cm³/mol. The summed E-state index contributed by atoms with van der Waals surface area (Å²) in [5, 5.41) is -4.38. The Bertz CT molecular complexity index is 5540. The van der Waals surface area contributed by atoms with E-state index in [-0.39, 0.29) is 10.4 Å². The molecule has 0 saturated carbocycles. The second kappa shape index (κ2) is 14.5. The molecule has 0 aliphatic rings. The van der Waals surface area contributed by atoms with Gasteiger partial charge in [0.05, 0.1) is 74.3 Å². The van der Waals surface area contributed by atoms with E-state index < -0.39 is 288 Å². The molecule has 0 fully saturated rings. The second-order valence-electron chi connectivity index (χ2n) is 14.5. The summed E-state index contributed by atoms with van der Waals surface area (Å²) in [5.74, 6) is 0. The number of aromatic nitrogens is 2. The van der Waals surface area contributed by atoms with E-state index in [1.54, 1.807) is 12.1 Å². The van der Waals surface area contributed by atoms with Crippen LogP contribution in [0.5, 0.6) is 0 Å². The van der Waals surface area contributed by atoms with Crippen LogP contribution in [-0.2, 0) is 0 Å². The molecular weight excluding hydrogens is 793 g/mol. The fourth-order valence-corrected chi connectivity index (χ4v) is 12.9. The number of para-hydroxylation sites is 4. The van der Waals surface area contributed by atoms with Gasteiger partial charge in [-0.15, -0.1) is 0 Å². The minimum Gasteiger partial charge on any atom is -0.454 e. The lowest BCUT2D eigenvalue weighted by molar-refractivity contribution is 0.666. The van der Waals surface area contributed by atoms with E-state index in [4.69, 9.17) is 20.9 Å². The third kappa shape index (κ3) is 5.33. The standard InChI is InChI=1S/C60H40N2OSi/c1-4-20-41(21-5-1)42-22-18-28-46(38-42)64(44-24-6-2-7-25-44,45-26-8-3-9-27-45)47-29-19-23-43(39-47)61-53-34-14-12-32-50(53)52-40-56(60-58(59(52)61)51-33-13-17-37-57(51)63-60)62-54-35-15-10-30-48(54)49-31-11-16-36-55(49)62/h1-40H/i1D,4D,5D,10D,11D,12D,13D,14D,15D,16D,17D,18D,19D,20D,21D,22D,23D,28D,29D,30D,31D,32D,33D,34D,35D,36D,37D,38D,39D,40D. The Kier molecular flexibility index (Phi) is 3.96. The first kappa shape index (κ1) is 17.5. The van der Waals surface area contributed by atoms with Crippen LogP contribution in [0.2, 0.25) is 0 Å². The lowest BCUT2D eigenvalue weighted by Gasteiger charge is -2.35. The molecule has 3 aromatic heterocycles. The molecule has 0 bridgehead atoms. The maximum absolute atomic E-state index is 10.9. The highest BCUT2D eigenvalue weighted by molar-refractivity contribution is 7.20. The number of fused-ring (bicyclic) bond motifs is 10. The fraction of sp³-hybridized carbons (Fsp3) is 0. The molecule has 3 nitrogen and oxygen atoms in total. The molecule has 64 heavy (non-hydrogen) atoms. The van der Waals surface area contributed by atoms with Gasteiger partial charge < -0.3 is 13.6 Å². The van der Waals surface area contributed by atoms with Crippen LogP contribution in [-0.4, -0.2) is 17.2 Å². The topological polar surface area (TPSA) is 23.0 Å². The monoisotopic (exact) mass is 862 g/mol. The van der Waals surface area contributed by atoms with E-state index in [1.165, 1.54) is 48.5 Å². The third-order valence-corrected chi connectivity index (χ3v) is 15.7. The van der Waals surface area contributed by atoms with Crippen molar-refractivity contribution in [3.8, 4) is 22.5 Å². The summed E-state index contributed by atoms with van der Waals surface area (Å²) >= 11 is 0. The van der Waals surface area contributed by atoms with E-state index in [1.807, 2.05) is 0 Å². The molecule has 0 N–H and O–H groups in total. The third-order valence-electron chi connectivity index (χ3n) is 11.3. The van der Waals surface area contributed by atoms with Crippen molar-refractivity contribution in [2.24, 2.45) is 0 Å². The van der Waals surface area contributed by atoms with Gasteiger partial charge in [-0.25, -0.2) is 0 Å². The van der Waals surface area contributed by atoms with Crippen molar-refractivity contribution in [3.63, 3.8) is 0 Å². The molecular formula is C60H40N2OSi. The zero-order valence-electron chi connectivity index (χ0n) is 62.6. The Labute approximate surface area is 413 Å². The first-order valence-corrected chi connectivity index (χ1v) is 21.6. The van der Waals surface area contributed by atoms with Gasteiger partial charge in [-0.2, -0.15) is 0 Å². The molecule has 10 aromatic carbocycles. The molecule has 0 radical (unpaired) electrons. The fourth-order valence-electron chi connectivity index (χ4n) is 8.68. The predicted octanol–water partition coefficient (Wildman–Crippen LogP) is 12.8. The number of furan rings is 1. The molecule has 0 amide bonds. The number of hydrogen-bond donors (Lipinski definition) is 0. The number of benzene rings is 10. The number of hydrogen-bond acceptors (Lipinski definition) is 1. The molecule has 0 aliphatic heterocycles. The number of nitrogens with zero attached hydrogens (tertiary/aromatic N) is 2. The lowest BCUT2D eigenvalue weighted by Crippen LogP contribution is -2.74. The first-order chi connectivity index (χ1) is 44.3. The smallest absolute Gasteiger partial charge is 0.179 e. The van der Waals surface area contributed by atoms with Gasteiger partial charge in [-0.1, -0.05) is 200 Å². The van der Waals surface area contributed by atoms with Crippen molar-refractivity contribution < 1.29 is 45.5 Å². The Balaban J connectivity index is 1.34. The average Bonchev–Trinajstić information content (AvgIpc) is 1.36. The highest BCUT2D eigenvalue weighted by atomic mass is 28.3. The largest absolute Gasteiger partial charge is 0.454 e. The maximum Gasteiger partial charge on any atom is 0.179 e. The van der Waals surface area contributed by atoms with Crippen LogP contribution in [0, 0.1) is 0 Å². The van der Waals surface area contributed by atoms with E-state index in [2.05, 4.69) is 0 Å². The highest BCUT2D eigenvalue weighted by Gasteiger charge is 2.42. The lowest BCUT2D eigenvalue weighted by atomic mass is 10.1. The minimum atomic E-state index is -5.26. The van der Waals surface area contributed by atoms with E-state index in [0.717, 1.165) is 9.13 Å². The zero-order chi connectivity index (χ0) is 68.3. The van der Waals surface area contributed by atoms with Crippen LogP contribution >= 0.6 is 0 Å². The van der Waals surface area contributed by atoms with E-state index >= 15 is 0 Å². The summed E-state index contributed by atoms with van der Waals surface area (Å²) in [6.45, 7) is 0. The summed E-state index contributed by atoms with van der Waals surface area (Å²) in [5.41, 5.74) is -6.98. The van der Waals surface area contributed by atoms with Crippen molar-refractivity contribution in [2.75, 3.05) is 0 Å². The van der Waals surface area contributed by atoms with E-state index in [0.29, 0.717) is 0 Å². The summed E-state index contributed by atoms with van der Waals surface area (Å²) in [4.78, 5) is 0. The van der Waals surface area contributed by atoms with Crippen molar-refractivity contribution in [1.29, 1.82) is 0 Å².